The van der Waals surface area contributed by atoms with Gasteiger partial charge in [-0.2, -0.15) is 25.3 Å². The van der Waals surface area contributed by atoms with E-state index >= 15 is 0 Å². The lowest BCUT2D eigenvalue weighted by Crippen LogP contribution is -2.13. The molecule has 4 aromatic rings. The van der Waals surface area contributed by atoms with Crippen molar-refractivity contribution in [1.82, 2.24) is 0 Å². The standard InChI is InChI=1S/C32H30O14S3/c1-16-3-18-5-20-9-26(47(37,38)39)11-22(30(20)35)7-24-13-28(49(43,44)45)14-25(32(24)46-15-17(2)33)8-23-12-27(48(40,41)42)10-21(31(23)36)6-19(4-16)29(18)34/h3-4,9-14,34-36H,5-8,15H2,1-2H3,(H,37,38,39)(H,40,41,42)(H,43,44,45). The van der Waals surface area contributed by atoms with Gasteiger partial charge in [-0.15, -0.1) is 0 Å². The molecular formula is C32H30O14S3. The smallest absolute Gasteiger partial charge is 0.294 e. The molecule has 8 bridgehead atoms. The molecule has 0 spiro atoms. The highest BCUT2D eigenvalue weighted by molar-refractivity contribution is 7.86. The molecule has 0 atom stereocenters. The molecule has 1 aliphatic rings. The molecule has 5 rings (SSSR count). The van der Waals surface area contributed by atoms with E-state index in [0.717, 1.165) is 36.4 Å². The first-order valence-corrected chi connectivity index (χ1v) is 18.6. The van der Waals surface area contributed by atoms with Gasteiger partial charge in [0.2, 0.25) is 0 Å². The number of benzene rings is 4. The molecule has 0 radical (unpaired) electrons. The summed E-state index contributed by atoms with van der Waals surface area (Å²) in [5.74, 6) is -1.98. The Morgan fingerprint density at radius 1 is 0.551 bits per heavy atom. The van der Waals surface area contributed by atoms with Gasteiger partial charge in [0, 0.05) is 59.1 Å². The third kappa shape index (κ3) is 7.71. The van der Waals surface area contributed by atoms with E-state index < -0.39 is 81.8 Å². The monoisotopic (exact) mass is 734 g/mol. The number of carbonyl (C=O) groups is 1. The second kappa shape index (κ2) is 12.7. The van der Waals surface area contributed by atoms with Crippen molar-refractivity contribution in [3.8, 4) is 23.0 Å². The highest BCUT2D eigenvalue weighted by Gasteiger charge is 2.26. The maximum Gasteiger partial charge on any atom is 0.294 e. The van der Waals surface area contributed by atoms with Gasteiger partial charge in [-0.05, 0) is 61.4 Å². The Kier molecular flexibility index (Phi) is 9.30. The first-order chi connectivity index (χ1) is 22.6. The van der Waals surface area contributed by atoms with Crippen molar-refractivity contribution < 1.29 is 63.8 Å². The summed E-state index contributed by atoms with van der Waals surface area (Å²) in [6, 6.07) is 8.82. The lowest BCUT2D eigenvalue weighted by atomic mass is 9.90. The van der Waals surface area contributed by atoms with E-state index in [1.807, 2.05) is 0 Å². The zero-order valence-corrected chi connectivity index (χ0v) is 28.3. The largest absolute Gasteiger partial charge is 0.507 e. The molecule has 0 aliphatic heterocycles. The minimum absolute atomic E-state index is 0.0834. The van der Waals surface area contributed by atoms with Crippen molar-refractivity contribution >= 4 is 36.1 Å². The van der Waals surface area contributed by atoms with Crippen LogP contribution in [0.1, 0.15) is 57.0 Å². The van der Waals surface area contributed by atoms with Crippen molar-refractivity contribution in [2.75, 3.05) is 6.61 Å². The second-order valence-corrected chi connectivity index (χ2v) is 16.1. The minimum Gasteiger partial charge on any atom is -0.507 e. The Morgan fingerprint density at radius 3 is 1.10 bits per heavy atom. The van der Waals surface area contributed by atoms with Crippen molar-refractivity contribution in [2.45, 2.75) is 54.2 Å². The minimum atomic E-state index is -4.97. The Hall–Kier alpha value is -4.52. The SMILES string of the molecule is CC(=O)COc1c2cc(S(=O)(=O)O)cc1Cc1cc(S(=O)(=O)O)cc(c1O)Cc1cc(C)cc(c1O)Cc1cc(S(=O)(=O)O)cc(c1O)C2. The van der Waals surface area contributed by atoms with Gasteiger partial charge in [-0.25, -0.2) is 0 Å². The van der Waals surface area contributed by atoms with E-state index in [-0.39, 0.29) is 68.8 Å². The Balaban J connectivity index is 1.93. The summed E-state index contributed by atoms with van der Waals surface area (Å²) in [7, 11) is -14.7. The molecule has 14 nitrogen and oxygen atoms in total. The number of hydrogen-bond acceptors (Lipinski definition) is 11. The molecule has 49 heavy (non-hydrogen) atoms. The van der Waals surface area contributed by atoms with Gasteiger partial charge in [0.25, 0.3) is 30.4 Å². The number of phenolic OH excluding ortho intramolecular Hbond substituents is 3. The average molecular weight is 735 g/mol. The number of Topliss-reactive ketones (excluding diaryl/α,β-unsaturated/α-hetero) is 1. The number of rotatable bonds is 6. The van der Waals surface area contributed by atoms with Crippen molar-refractivity contribution in [3.05, 3.63) is 98.6 Å². The zero-order valence-electron chi connectivity index (χ0n) is 25.8. The molecule has 17 heteroatoms. The normalized spacial score (nSPS) is 13.6. The maximum atomic E-state index is 12.4. The van der Waals surface area contributed by atoms with Crippen LogP contribution in [0.4, 0.5) is 0 Å². The topological polar surface area (TPSA) is 250 Å². The van der Waals surface area contributed by atoms with Gasteiger partial charge in [0.05, 0.1) is 14.7 Å². The molecule has 0 unspecified atom stereocenters. The molecule has 0 fully saturated rings. The summed E-state index contributed by atoms with van der Waals surface area (Å²) in [6.45, 7) is 2.30. The van der Waals surface area contributed by atoms with E-state index in [2.05, 4.69) is 0 Å². The molecule has 0 aromatic heterocycles. The van der Waals surface area contributed by atoms with Gasteiger partial charge < -0.3 is 20.1 Å². The number of hydrogen-bond donors (Lipinski definition) is 6. The molecule has 6 N–H and O–H groups in total. The van der Waals surface area contributed by atoms with Crippen LogP contribution in [-0.4, -0.2) is 66.6 Å². The van der Waals surface area contributed by atoms with Gasteiger partial charge >= 0.3 is 0 Å². The molecule has 0 heterocycles. The van der Waals surface area contributed by atoms with Crippen LogP contribution in [0.15, 0.2) is 63.2 Å². The van der Waals surface area contributed by atoms with E-state index in [9.17, 15) is 59.0 Å². The summed E-state index contributed by atoms with van der Waals surface area (Å²) in [4.78, 5) is 10.00. The van der Waals surface area contributed by atoms with E-state index in [1.54, 1.807) is 6.92 Å². The molecular weight excluding hydrogens is 705 g/mol. The summed E-state index contributed by atoms with van der Waals surface area (Å²) in [6.07, 6.45) is -1.65. The van der Waals surface area contributed by atoms with Crippen LogP contribution in [0.25, 0.3) is 0 Å². The van der Waals surface area contributed by atoms with Crippen LogP contribution < -0.4 is 4.74 Å². The Morgan fingerprint density at radius 2 is 0.816 bits per heavy atom. The van der Waals surface area contributed by atoms with Gasteiger partial charge in [0.15, 0.2) is 5.78 Å². The van der Waals surface area contributed by atoms with Crippen LogP contribution in [0, 0.1) is 6.92 Å². The van der Waals surface area contributed by atoms with Gasteiger partial charge in [0.1, 0.15) is 29.6 Å². The fourth-order valence-corrected chi connectivity index (χ4v) is 7.56. The zero-order chi connectivity index (χ0) is 36.2. The number of ketones is 1. The number of ether oxygens (including phenoxy) is 1. The fourth-order valence-electron chi connectivity index (χ4n) is 5.81. The highest BCUT2D eigenvalue weighted by atomic mass is 32.2. The molecule has 0 saturated carbocycles. The van der Waals surface area contributed by atoms with E-state index in [0.29, 0.717) is 5.56 Å². The van der Waals surface area contributed by atoms with Crippen molar-refractivity contribution in [3.63, 3.8) is 0 Å². The first-order valence-electron chi connectivity index (χ1n) is 14.3. The van der Waals surface area contributed by atoms with Crippen LogP contribution in [0.5, 0.6) is 23.0 Å². The molecule has 0 amide bonds. The third-order valence-electron chi connectivity index (χ3n) is 7.95. The second-order valence-electron chi connectivity index (χ2n) is 11.8. The van der Waals surface area contributed by atoms with Crippen molar-refractivity contribution in [1.29, 1.82) is 0 Å². The third-order valence-corrected chi connectivity index (χ3v) is 10.4. The predicted octanol–water partition coefficient (Wildman–Crippen LogP) is 3.50. The fraction of sp³-hybridized carbons (Fsp3) is 0.219. The van der Waals surface area contributed by atoms with Gasteiger partial charge in [-0.1, -0.05) is 17.7 Å². The van der Waals surface area contributed by atoms with Crippen LogP contribution in [-0.2, 0) is 60.8 Å². The van der Waals surface area contributed by atoms with E-state index in [4.69, 9.17) is 4.74 Å². The van der Waals surface area contributed by atoms with E-state index in [1.165, 1.54) is 19.1 Å². The molecule has 1 aliphatic carbocycles. The first kappa shape index (κ1) is 35.8. The maximum absolute atomic E-state index is 12.4. The lowest BCUT2D eigenvalue weighted by molar-refractivity contribution is -0.118. The summed E-state index contributed by atoms with van der Waals surface area (Å²) >= 11 is 0. The number of phenols is 3. The summed E-state index contributed by atoms with van der Waals surface area (Å²) in [5, 5.41) is 34.2. The average Bonchev–Trinajstić information content (AvgIpc) is 2.96. The predicted molar refractivity (Wildman–Crippen MR) is 172 cm³/mol. The van der Waals surface area contributed by atoms with Crippen LogP contribution in [0.2, 0.25) is 0 Å². The number of aryl methyl sites for hydroxylation is 1. The molecule has 0 saturated heterocycles. The lowest BCUT2D eigenvalue weighted by Gasteiger charge is -2.21. The number of fused-ring (bicyclic) bond motifs is 8. The number of carbonyl (C=O) groups excluding carboxylic acids is 1. The summed E-state index contributed by atoms with van der Waals surface area (Å²) in [5.41, 5.74) is 0.186. The van der Waals surface area contributed by atoms with Crippen molar-refractivity contribution in [2.24, 2.45) is 0 Å². The van der Waals surface area contributed by atoms with Crippen LogP contribution in [0.3, 0.4) is 0 Å². The highest BCUT2D eigenvalue weighted by Crippen LogP contribution is 2.40. The molecule has 260 valence electrons. The molecule has 4 aromatic carbocycles. The quantitative estimate of drug-likeness (QED) is 0.137. The Bertz CT molecular complexity index is 2240. The number of aromatic hydroxyl groups is 3. The van der Waals surface area contributed by atoms with Gasteiger partial charge in [-0.3, -0.25) is 18.5 Å². The Labute approximate surface area is 281 Å². The van der Waals surface area contributed by atoms with Crippen LogP contribution >= 0.6 is 0 Å². The summed E-state index contributed by atoms with van der Waals surface area (Å²) < 4.78 is 110.